The number of methoxy groups -OCH3 is 2. The normalized spacial score (nSPS) is 11.2. The van der Waals surface area contributed by atoms with Gasteiger partial charge in [0.05, 0.1) is 25.7 Å². The largest absolute Gasteiger partial charge is 0.493 e. The van der Waals surface area contributed by atoms with E-state index in [1.807, 2.05) is 0 Å². The molecule has 3 rings (SSSR count). The Morgan fingerprint density at radius 3 is 2.41 bits per heavy atom. The summed E-state index contributed by atoms with van der Waals surface area (Å²) in [5, 5.41) is 4.19. The number of hydrogen-bond acceptors (Lipinski definition) is 5. The van der Waals surface area contributed by atoms with Crippen molar-refractivity contribution < 1.29 is 22.3 Å². The molecule has 1 heterocycles. The van der Waals surface area contributed by atoms with Crippen molar-refractivity contribution in [1.82, 2.24) is 9.78 Å². The predicted molar refractivity (Wildman–Crippen MR) is 98.1 cm³/mol. The van der Waals surface area contributed by atoms with Gasteiger partial charge >= 0.3 is 0 Å². The highest BCUT2D eigenvalue weighted by atomic mass is 32.2. The minimum absolute atomic E-state index is 0.0215. The Morgan fingerprint density at radius 1 is 1.04 bits per heavy atom. The van der Waals surface area contributed by atoms with Crippen LogP contribution < -0.4 is 14.2 Å². The fourth-order valence-corrected chi connectivity index (χ4v) is 3.47. The number of anilines is 1. The van der Waals surface area contributed by atoms with Crippen LogP contribution in [0, 0.1) is 5.82 Å². The average Bonchev–Trinajstić information content (AvgIpc) is 3.09. The zero-order chi connectivity index (χ0) is 19.4. The van der Waals surface area contributed by atoms with E-state index in [9.17, 15) is 12.8 Å². The molecule has 7 nitrogen and oxygen atoms in total. The van der Waals surface area contributed by atoms with Crippen LogP contribution in [0.1, 0.15) is 5.56 Å². The summed E-state index contributed by atoms with van der Waals surface area (Å²) in [5.74, 6) is 0.594. The lowest BCUT2D eigenvalue weighted by Gasteiger charge is -2.10. The number of nitrogens with zero attached hydrogens (tertiary/aromatic N) is 2. The van der Waals surface area contributed by atoms with Gasteiger partial charge in [-0.1, -0.05) is 12.1 Å². The zero-order valence-corrected chi connectivity index (χ0v) is 15.5. The van der Waals surface area contributed by atoms with Crippen molar-refractivity contribution in [3.63, 3.8) is 0 Å². The van der Waals surface area contributed by atoms with Crippen molar-refractivity contribution in [3.05, 3.63) is 66.1 Å². The van der Waals surface area contributed by atoms with E-state index in [0.29, 0.717) is 18.0 Å². The van der Waals surface area contributed by atoms with Gasteiger partial charge in [0.2, 0.25) is 0 Å². The second-order valence-corrected chi connectivity index (χ2v) is 7.33. The van der Waals surface area contributed by atoms with E-state index >= 15 is 0 Å². The summed E-state index contributed by atoms with van der Waals surface area (Å²) in [7, 11) is -0.947. The molecule has 0 aliphatic rings. The van der Waals surface area contributed by atoms with Crippen molar-refractivity contribution in [2.75, 3.05) is 18.9 Å². The number of halogens is 1. The van der Waals surface area contributed by atoms with Crippen LogP contribution in [0.5, 0.6) is 11.5 Å². The van der Waals surface area contributed by atoms with Gasteiger partial charge in [-0.05, 0) is 29.8 Å². The van der Waals surface area contributed by atoms with E-state index in [4.69, 9.17) is 9.47 Å². The van der Waals surface area contributed by atoms with E-state index < -0.39 is 10.0 Å². The predicted octanol–water partition coefficient (Wildman–Crippen LogP) is 2.89. The van der Waals surface area contributed by atoms with Gasteiger partial charge < -0.3 is 9.47 Å². The smallest absolute Gasteiger partial charge is 0.263 e. The van der Waals surface area contributed by atoms with Crippen molar-refractivity contribution in [1.29, 1.82) is 0 Å². The molecule has 0 saturated heterocycles. The Bertz CT molecular complexity index is 1030. The maximum Gasteiger partial charge on any atom is 0.263 e. The van der Waals surface area contributed by atoms with Gasteiger partial charge in [0.25, 0.3) is 10.0 Å². The number of sulfonamides is 1. The third-order valence-electron chi connectivity index (χ3n) is 3.80. The first-order chi connectivity index (χ1) is 12.9. The van der Waals surface area contributed by atoms with Crippen LogP contribution in [0.4, 0.5) is 10.2 Å². The molecule has 0 amide bonds. The summed E-state index contributed by atoms with van der Waals surface area (Å²) in [5.41, 5.74) is 0.841. The standard InChI is InChI=1S/C18H18FN3O4S/c1-25-16-8-7-15(11-17(16)26-2)27(23,24)21-18-9-10-22(20-18)12-13-3-5-14(19)6-4-13/h3-11H,12H2,1-2H3,(H,20,21). The van der Waals surface area contributed by atoms with Crippen molar-refractivity contribution >= 4 is 15.8 Å². The van der Waals surface area contributed by atoms with Crippen LogP contribution >= 0.6 is 0 Å². The topological polar surface area (TPSA) is 82.5 Å². The highest BCUT2D eigenvalue weighted by molar-refractivity contribution is 7.92. The molecular formula is C18H18FN3O4S. The molecule has 0 aliphatic heterocycles. The maximum atomic E-state index is 13.0. The SMILES string of the molecule is COc1ccc(S(=O)(=O)Nc2ccn(Cc3ccc(F)cc3)n2)cc1OC. The molecule has 0 spiro atoms. The number of benzene rings is 2. The van der Waals surface area contributed by atoms with E-state index in [2.05, 4.69) is 9.82 Å². The average molecular weight is 391 g/mol. The molecule has 3 aromatic rings. The van der Waals surface area contributed by atoms with Gasteiger partial charge in [0, 0.05) is 18.3 Å². The molecule has 2 aromatic carbocycles. The van der Waals surface area contributed by atoms with Gasteiger partial charge in [-0.15, -0.1) is 0 Å². The summed E-state index contributed by atoms with van der Waals surface area (Å²) in [6.07, 6.45) is 1.63. The van der Waals surface area contributed by atoms with Crippen molar-refractivity contribution in [3.8, 4) is 11.5 Å². The Balaban J connectivity index is 1.76. The minimum atomic E-state index is -3.85. The van der Waals surface area contributed by atoms with Crippen LogP contribution in [-0.4, -0.2) is 32.4 Å². The minimum Gasteiger partial charge on any atom is -0.493 e. The Morgan fingerprint density at radius 2 is 1.74 bits per heavy atom. The van der Waals surface area contributed by atoms with Crippen LogP contribution in [0.2, 0.25) is 0 Å². The second-order valence-electron chi connectivity index (χ2n) is 5.65. The lowest BCUT2D eigenvalue weighted by Crippen LogP contribution is -2.14. The number of rotatable bonds is 7. The number of nitrogens with one attached hydrogen (secondary N) is 1. The molecule has 0 aliphatic carbocycles. The molecule has 27 heavy (non-hydrogen) atoms. The van der Waals surface area contributed by atoms with Crippen molar-refractivity contribution in [2.24, 2.45) is 0 Å². The quantitative estimate of drug-likeness (QED) is 0.670. The summed E-state index contributed by atoms with van der Waals surface area (Å²) < 4.78 is 52.3. The summed E-state index contributed by atoms with van der Waals surface area (Å²) >= 11 is 0. The van der Waals surface area contributed by atoms with E-state index in [1.54, 1.807) is 29.1 Å². The first kappa shape index (κ1) is 18.7. The van der Waals surface area contributed by atoms with E-state index in [0.717, 1.165) is 5.56 Å². The van der Waals surface area contributed by atoms with Gasteiger partial charge in [-0.2, -0.15) is 5.10 Å². The Hall–Kier alpha value is -3.07. The number of hydrogen-bond donors (Lipinski definition) is 1. The molecule has 0 saturated carbocycles. The maximum absolute atomic E-state index is 13.0. The molecule has 0 radical (unpaired) electrons. The number of aromatic nitrogens is 2. The fourth-order valence-electron chi connectivity index (χ4n) is 2.46. The van der Waals surface area contributed by atoms with Gasteiger partial charge in [0.15, 0.2) is 17.3 Å². The highest BCUT2D eigenvalue weighted by Gasteiger charge is 2.18. The molecule has 0 unspecified atom stereocenters. The third kappa shape index (κ3) is 4.37. The van der Waals surface area contributed by atoms with Gasteiger partial charge in [-0.25, -0.2) is 12.8 Å². The lowest BCUT2D eigenvalue weighted by molar-refractivity contribution is 0.354. The van der Waals surface area contributed by atoms with Crippen LogP contribution in [0.25, 0.3) is 0 Å². The molecule has 0 fully saturated rings. The molecule has 0 atom stereocenters. The van der Waals surface area contributed by atoms with Crippen LogP contribution in [0.3, 0.4) is 0 Å². The van der Waals surface area contributed by atoms with Crippen LogP contribution in [-0.2, 0) is 16.6 Å². The van der Waals surface area contributed by atoms with Gasteiger partial charge in [-0.3, -0.25) is 9.40 Å². The van der Waals surface area contributed by atoms with E-state index in [-0.39, 0.29) is 16.5 Å². The monoisotopic (exact) mass is 391 g/mol. The third-order valence-corrected chi connectivity index (χ3v) is 5.16. The second kappa shape index (κ2) is 7.67. The zero-order valence-electron chi connectivity index (χ0n) is 14.7. The number of ether oxygens (including phenoxy) is 2. The summed E-state index contributed by atoms with van der Waals surface area (Å²) in [4.78, 5) is 0.0215. The summed E-state index contributed by atoms with van der Waals surface area (Å²) in [6, 6.07) is 11.9. The highest BCUT2D eigenvalue weighted by Crippen LogP contribution is 2.30. The lowest BCUT2D eigenvalue weighted by atomic mass is 10.2. The summed E-state index contributed by atoms with van der Waals surface area (Å²) in [6.45, 7) is 0.387. The molecule has 9 heteroatoms. The molecule has 0 bridgehead atoms. The Labute approximate surface area is 156 Å². The molecule has 142 valence electrons. The van der Waals surface area contributed by atoms with Gasteiger partial charge in [0.1, 0.15) is 5.82 Å². The first-order valence-corrected chi connectivity index (χ1v) is 9.42. The van der Waals surface area contributed by atoms with Crippen LogP contribution in [0.15, 0.2) is 59.6 Å². The first-order valence-electron chi connectivity index (χ1n) is 7.94. The fraction of sp³-hybridized carbons (Fsp3) is 0.167. The molecular weight excluding hydrogens is 373 g/mol. The van der Waals surface area contributed by atoms with Crippen molar-refractivity contribution in [2.45, 2.75) is 11.4 Å². The van der Waals surface area contributed by atoms with E-state index in [1.165, 1.54) is 44.6 Å². The molecule has 1 aromatic heterocycles. The molecule has 1 N–H and O–H groups in total. The Kier molecular flexibility index (Phi) is 5.31.